The molecule has 1 aromatic rings. The van der Waals surface area contributed by atoms with Gasteiger partial charge in [-0.05, 0) is 18.6 Å². The molecule has 0 aliphatic carbocycles. The Bertz CT molecular complexity index is 514. The lowest BCUT2D eigenvalue weighted by molar-refractivity contribution is -0.130. The fourth-order valence-electron chi connectivity index (χ4n) is 2.83. The molecule has 0 radical (unpaired) electrons. The standard InChI is InChI=1S/C15H20N2O2S/c1-2-15(19)10-16(11-15)9-14(18)17-7-8-20-13-6-4-3-5-12(13)17/h3-6,19H,2,7-11H2,1H3. The van der Waals surface area contributed by atoms with Gasteiger partial charge >= 0.3 is 0 Å². The van der Waals surface area contributed by atoms with E-state index >= 15 is 0 Å². The summed E-state index contributed by atoms with van der Waals surface area (Å²) in [5.74, 6) is 1.08. The van der Waals surface area contributed by atoms with Crippen LogP contribution in [0.3, 0.4) is 0 Å². The van der Waals surface area contributed by atoms with Gasteiger partial charge in [-0.2, -0.15) is 0 Å². The zero-order valence-corrected chi connectivity index (χ0v) is 12.5. The van der Waals surface area contributed by atoms with Gasteiger partial charge in [0.15, 0.2) is 0 Å². The molecule has 2 aliphatic heterocycles. The van der Waals surface area contributed by atoms with Crippen molar-refractivity contribution in [2.75, 3.05) is 36.8 Å². The van der Waals surface area contributed by atoms with Crippen molar-refractivity contribution >= 4 is 23.4 Å². The number of β-amino-alcohol motifs (C(OH)–C–C–N with tert-alkyl or cyclic N) is 1. The molecule has 20 heavy (non-hydrogen) atoms. The number of nitrogens with zero attached hydrogens (tertiary/aromatic N) is 2. The molecule has 3 rings (SSSR count). The molecule has 0 saturated carbocycles. The van der Waals surface area contributed by atoms with Crippen LogP contribution in [0.15, 0.2) is 29.2 Å². The van der Waals surface area contributed by atoms with Crippen molar-refractivity contribution in [2.24, 2.45) is 0 Å². The molecule has 2 aliphatic rings. The SMILES string of the molecule is CCC1(O)CN(CC(=O)N2CCSc3ccccc32)C1. The second-order valence-electron chi connectivity index (χ2n) is 5.58. The van der Waals surface area contributed by atoms with Crippen LogP contribution in [-0.2, 0) is 4.79 Å². The number of thioether (sulfide) groups is 1. The molecule has 0 unspecified atom stereocenters. The zero-order valence-electron chi connectivity index (χ0n) is 11.7. The number of rotatable bonds is 3. The number of para-hydroxylation sites is 1. The second-order valence-corrected chi connectivity index (χ2v) is 6.72. The maximum Gasteiger partial charge on any atom is 0.241 e. The number of likely N-dealkylation sites (tertiary alicyclic amines) is 1. The van der Waals surface area contributed by atoms with Crippen molar-refractivity contribution in [1.29, 1.82) is 0 Å². The fourth-order valence-corrected chi connectivity index (χ4v) is 3.82. The van der Waals surface area contributed by atoms with Crippen LogP contribution in [0.4, 0.5) is 5.69 Å². The maximum atomic E-state index is 12.5. The summed E-state index contributed by atoms with van der Waals surface area (Å²) < 4.78 is 0. The average Bonchev–Trinajstić information content (AvgIpc) is 2.44. The van der Waals surface area contributed by atoms with Crippen molar-refractivity contribution in [3.63, 3.8) is 0 Å². The Balaban J connectivity index is 1.65. The summed E-state index contributed by atoms with van der Waals surface area (Å²) in [6, 6.07) is 8.07. The van der Waals surface area contributed by atoms with E-state index in [1.165, 1.54) is 4.90 Å². The third-order valence-electron chi connectivity index (χ3n) is 4.08. The number of fused-ring (bicyclic) bond motifs is 1. The Labute approximate surface area is 123 Å². The highest BCUT2D eigenvalue weighted by Gasteiger charge is 2.40. The van der Waals surface area contributed by atoms with Gasteiger partial charge in [0.05, 0.1) is 17.8 Å². The highest BCUT2D eigenvalue weighted by molar-refractivity contribution is 7.99. The lowest BCUT2D eigenvalue weighted by Gasteiger charge is -2.46. The smallest absolute Gasteiger partial charge is 0.241 e. The quantitative estimate of drug-likeness (QED) is 0.919. The summed E-state index contributed by atoms with van der Waals surface area (Å²) in [4.78, 5) is 17.5. The summed E-state index contributed by atoms with van der Waals surface area (Å²) in [6.07, 6.45) is 0.751. The van der Waals surface area contributed by atoms with E-state index < -0.39 is 5.60 Å². The molecule has 5 heteroatoms. The number of amides is 1. The first-order valence-corrected chi connectivity index (χ1v) is 8.07. The van der Waals surface area contributed by atoms with Gasteiger partial charge in [0.2, 0.25) is 5.91 Å². The summed E-state index contributed by atoms with van der Waals surface area (Å²) >= 11 is 1.80. The molecule has 0 atom stereocenters. The minimum absolute atomic E-state index is 0.135. The molecule has 0 spiro atoms. The van der Waals surface area contributed by atoms with Gasteiger partial charge in [-0.25, -0.2) is 0 Å². The number of benzene rings is 1. The molecular weight excluding hydrogens is 272 g/mol. The van der Waals surface area contributed by atoms with Crippen molar-refractivity contribution in [3.05, 3.63) is 24.3 Å². The van der Waals surface area contributed by atoms with Gasteiger partial charge in [-0.3, -0.25) is 9.69 Å². The van der Waals surface area contributed by atoms with E-state index in [9.17, 15) is 9.90 Å². The summed E-state index contributed by atoms with van der Waals surface area (Å²) in [5.41, 5.74) is 0.454. The average molecular weight is 292 g/mol. The van der Waals surface area contributed by atoms with Crippen LogP contribution in [-0.4, -0.2) is 53.4 Å². The van der Waals surface area contributed by atoms with Crippen LogP contribution in [0.2, 0.25) is 0 Å². The van der Waals surface area contributed by atoms with Crippen LogP contribution < -0.4 is 4.90 Å². The molecule has 1 N–H and O–H groups in total. The highest BCUT2D eigenvalue weighted by atomic mass is 32.2. The van der Waals surface area contributed by atoms with E-state index in [1.54, 1.807) is 11.8 Å². The number of carbonyl (C=O) groups excluding carboxylic acids is 1. The first kappa shape index (κ1) is 13.9. The Morgan fingerprint density at radius 3 is 2.90 bits per heavy atom. The van der Waals surface area contributed by atoms with Crippen LogP contribution >= 0.6 is 11.8 Å². The van der Waals surface area contributed by atoms with E-state index in [4.69, 9.17) is 0 Å². The molecule has 2 heterocycles. The number of carbonyl (C=O) groups is 1. The molecule has 1 aromatic carbocycles. The van der Waals surface area contributed by atoms with Crippen molar-refractivity contribution in [2.45, 2.75) is 23.8 Å². The van der Waals surface area contributed by atoms with Gasteiger partial charge in [-0.1, -0.05) is 19.1 Å². The van der Waals surface area contributed by atoms with Crippen LogP contribution in [0.5, 0.6) is 0 Å². The fraction of sp³-hybridized carbons (Fsp3) is 0.533. The van der Waals surface area contributed by atoms with Gasteiger partial charge in [0, 0.05) is 30.3 Å². The van der Waals surface area contributed by atoms with E-state index in [-0.39, 0.29) is 5.91 Å². The molecule has 1 amide bonds. The van der Waals surface area contributed by atoms with Crippen molar-refractivity contribution in [3.8, 4) is 0 Å². The zero-order chi connectivity index (χ0) is 14.2. The monoisotopic (exact) mass is 292 g/mol. The third kappa shape index (κ3) is 2.57. The van der Waals surface area contributed by atoms with Crippen LogP contribution in [0, 0.1) is 0 Å². The Morgan fingerprint density at radius 2 is 2.15 bits per heavy atom. The van der Waals surface area contributed by atoms with Gasteiger partial charge < -0.3 is 10.0 Å². The topological polar surface area (TPSA) is 43.8 Å². The number of aliphatic hydroxyl groups is 1. The van der Waals surface area contributed by atoms with Gasteiger partial charge in [0.1, 0.15) is 0 Å². The van der Waals surface area contributed by atoms with Gasteiger partial charge in [-0.15, -0.1) is 11.8 Å². The van der Waals surface area contributed by atoms with Crippen molar-refractivity contribution < 1.29 is 9.90 Å². The number of anilines is 1. The van der Waals surface area contributed by atoms with Crippen LogP contribution in [0.1, 0.15) is 13.3 Å². The normalized spacial score (nSPS) is 21.2. The number of hydrogen-bond acceptors (Lipinski definition) is 4. The molecule has 1 saturated heterocycles. The van der Waals surface area contributed by atoms with Crippen LogP contribution in [0.25, 0.3) is 0 Å². The predicted octanol–water partition coefficient (Wildman–Crippen LogP) is 1.58. The summed E-state index contributed by atoms with van der Waals surface area (Å²) in [6.45, 7) is 4.38. The lowest BCUT2D eigenvalue weighted by Crippen LogP contribution is -2.63. The van der Waals surface area contributed by atoms with E-state index in [1.807, 2.05) is 34.9 Å². The lowest BCUT2D eigenvalue weighted by atomic mass is 9.91. The van der Waals surface area contributed by atoms with Crippen molar-refractivity contribution in [1.82, 2.24) is 4.90 Å². The molecule has 108 valence electrons. The summed E-state index contributed by atoms with van der Waals surface area (Å²) in [5, 5.41) is 10.0. The Hall–Kier alpha value is -1.04. The number of hydrogen-bond donors (Lipinski definition) is 1. The highest BCUT2D eigenvalue weighted by Crippen LogP contribution is 2.34. The minimum Gasteiger partial charge on any atom is -0.387 e. The molecule has 1 fully saturated rings. The first-order chi connectivity index (χ1) is 9.61. The minimum atomic E-state index is -0.573. The maximum absolute atomic E-state index is 12.5. The second kappa shape index (κ2) is 5.39. The van der Waals surface area contributed by atoms with Gasteiger partial charge in [0.25, 0.3) is 0 Å². The first-order valence-electron chi connectivity index (χ1n) is 7.08. The molecule has 4 nitrogen and oxygen atoms in total. The Morgan fingerprint density at radius 1 is 1.40 bits per heavy atom. The third-order valence-corrected chi connectivity index (χ3v) is 5.13. The van der Waals surface area contributed by atoms with E-state index in [0.29, 0.717) is 19.6 Å². The molecular formula is C15H20N2O2S. The Kier molecular flexibility index (Phi) is 3.75. The predicted molar refractivity (Wildman–Crippen MR) is 81.2 cm³/mol. The van der Waals surface area contributed by atoms with E-state index in [2.05, 4.69) is 6.07 Å². The molecule has 0 bridgehead atoms. The molecule has 0 aromatic heterocycles. The van der Waals surface area contributed by atoms with E-state index in [0.717, 1.165) is 24.4 Å². The largest absolute Gasteiger partial charge is 0.387 e. The summed E-state index contributed by atoms with van der Waals surface area (Å²) in [7, 11) is 0.